The van der Waals surface area contributed by atoms with E-state index in [0.717, 1.165) is 6.07 Å². The first-order valence-electron chi connectivity index (χ1n) is 4.53. The summed E-state index contributed by atoms with van der Waals surface area (Å²) in [5.41, 5.74) is 0.913. The van der Waals surface area contributed by atoms with Gasteiger partial charge in [-0.15, -0.1) is 0 Å². The molecular formula is C10H14F2N2O. The van der Waals surface area contributed by atoms with Crippen LogP contribution in [-0.4, -0.2) is 20.7 Å². The summed E-state index contributed by atoms with van der Waals surface area (Å²) in [6, 6.07) is 2.64. The molecule has 1 aromatic carbocycles. The molecule has 0 radical (unpaired) electrons. The van der Waals surface area contributed by atoms with Crippen molar-refractivity contribution in [1.82, 2.24) is 0 Å². The zero-order valence-electron chi connectivity index (χ0n) is 8.76. The van der Waals surface area contributed by atoms with E-state index in [2.05, 4.69) is 4.84 Å². The van der Waals surface area contributed by atoms with Gasteiger partial charge in [-0.2, -0.15) is 0 Å². The minimum Gasteiger partial charge on any atom is -0.375 e. The molecule has 0 fully saturated rings. The zero-order valence-corrected chi connectivity index (χ0v) is 8.76. The van der Waals surface area contributed by atoms with Gasteiger partial charge in [-0.3, -0.25) is 0 Å². The monoisotopic (exact) mass is 216 g/mol. The molecule has 1 rings (SSSR count). The molecule has 0 aliphatic carbocycles. The summed E-state index contributed by atoms with van der Waals surface area (Å²) in [7, 11) is 3.31. The molecule has 0 saturated heterocycles. The number of nitrogens with two attached hydrogens (primary N) is 1. The van der Waals surface area contributed by atoms with Crippen molar-refractivity contribution in [2.45, 2.75) is 6.42 Å². The fourth-order valence-electron chi connectivity index (χ4n) is 1.43. The Morgan fingerprint density at radius 2 is 2.00 bits per heavy atom. The van der Waals surface area contributed by atoms with Crippen molar-refractivity contribution in [2.24, 2.45) is 5.90 Å². The lowest BCUT2D eigenvalue weighted by Gasteiger charge is -2.18. The Balaban J connectivity index is 3.09. The Kier molecular flexibility index (Phi) is 3.99. The van der Waals surface area contributed by atoms with E-state index < -0.39 is 11.6 Å². The molecule has 84 valence electrons. The molecule has 0 aliphatic heterocycles. The Morgan fingerprint density at radius 3 is 2.53 bits per heavy atom. The van der Waals surface area contributed by atoms with Gasteiger partial charge in [0, 0.05) is 14.1 Å². The molecule has 0 aliphatic rings. The van der Waals surface area contributed by atoms with Crippen LogP contribution in [0.2, 0.25) is 0 Å². The van der Waals surface area contributed by atoms with Crippen LogP contribution in [0.5, 0.6) is 0 Å². The number of halogens is 2. The maximum atomic E-state index is 13.5. The van der Waals surface area contributed by atoms with Crippen LogP contribution >= 0.6 is 0 Å². The second kappa shape index (κ2) is 5.04. The van der Waals surface area contributed by atoms with E-state index in [1.807, 2.05) is 0 Å². The van der Waals surface area contributed by atoms with Gasteiger partial charge in [0.05, 0.1) is 12.3 Å². The first-order valence-corrected chi connectivity index (χ1v) is 4.53. The van der Waals surface area contributed by atoms with Crippen molar-refractivity contribution >= 4 is 5.69 Å². The summed E-state index contributed by atoms with van der Waals surface area (Å²) >= 11 is 0. The summed E-state index contributed by atoms with van der Waals surface area (Å²) in [5, 5.41) is 0. The molecule has 0 saturated carbocycles. The lowest BCUT2D eigenvalue weighted by molar-refractivity contribution is 0.141. The van der Waals surface area contributed by atoms with Crippen LogP contribution < -0.4 is 10.8 Å². The molecule has 0 aromatic heterocycles. The summed E-state index contributed by atoms with van der Waals surface area (Å²) in [4.78, 5) is 5.95. The number of benzene rings is 1. The molecule has 5 heteroatoms. The molecule has 0 unspecified atom stereocenters. The van der Waals surface area contributed by atoms with Crippen LogP contribution in [0.25, 0.3) is 0 Å². The average molecular weight is 216 g/mol. The predicted octanol–water partition coefficient (Wildman–Crippen LogP) is 1.46. The highest BCUT2D eigenvalue weighted by molar-refractivity contribution is 5.54. The van der Waals surface area contributed by atoms with E-state index in [9.17, 15) is 8.78 Å². The molecular weight excluding hydrogens is 202 g/mol. The van der Waals surface area contributed by atoms with E-state index in [0.29, 0.717) is 12.0 Å². The minimum absolute atomic E-state index is 0.243. The molecule has 0 atom stereocenters. The standard InChI is InChI=1S/C10H14F2N2O/c1-14(2)10-7(5-6-15-13)3-4-8(11)9(10)12/h3-4H,5-6,13H2,1-2H3. The molecule has 15 heavy (non-hydrogen) atoms. The molecule has 0 bridgehead atoms. The topological polar surface area (TPSA) is 38.5 Å². The Labute approximate surface area is 87.4 Å². The Morgan fingerprint density at radius 1 is 1.33 bits per heavy atom. The maximum absolute atomic E-state index is 13.5. The van der Waals surface area contributed by atoms with E-state index in [4.69, 9.17) is 5.90 Å². The molecule has 0 amide bonds. The number of hydrogen-bond donors (Lipinski definition) is 1. The molecule has 2 N–H and O–H groups in total. The van der Waals surface area contributed by atoms with Crippen LogP contribution in [0.15, 0.2) is 12.1 Å². The summed E-state index contributed by atoms with van der Waals surface area (Å²) in [5.74, 6) is 3.20. The summed E-state index contributed by atoms with van der Waals surface area (Å²) < 4.78 is 26.4. The highest BCUT2D eigenvalue weighted by Gasteiger charge is 2.14. The Hall–Kier alpha value is -1.20. The fourth-order valence-corrected chi connectivity index (χ4v) is 1.43. The average Bonchev–Trinajstić information content (AvgIpc) is 2.19. The number of rotatable bonds is 4. The van der Waals surface area contributed by atoms with Gasteiger partial charge in [0.15, 0.2) is 11.6 Å². The lowest BCUT2D eigenvalue weighted by Crippen LogP contribution is -2.16. The van der Waals surface area contributed by atoms with E-state index in [1.54, 1.807) is 14.1 Å². The van der Waals surface area contributed by atoms with Gasteiger partial charge in [-0.25, -0.2) is 14.7 Å². The van der Waals surface area contributed by atoms with E-state index in [-0.39, 0.29) is 12.3 Å². The van der Waals surface area contributed by atoms with Gasteiger partial charge < -0.3 is 9.74 Å². The Bertz CT molecular complexity index is 342. The van der Waals surface area contributed by atoms with E-state index in [1.165, 1.54) is 11.0 Å². The van der Waals surface area contributed by atoms with E-state index >= 15 is 0 Å². The third-order valence-electron chi connectivity index (χ3n) is 2.09. The molecule has 1 aromatic rings. The highest BCUT2D eigenvalue weighted by atomic mass is 19.2. The third kappa shape index (κ3) is 2.64. The SMILES string of the molecule is CN(C)c1c(CCON)ccc(F)c1F. The van der Waals surface area contributed by atoms with Crippen molar-refractivity contribution in [1.29, 1.82) is 0 Å². The number of nitrogens with zero attached hydrogens (tertiary/aromatic N) is 1. The van der Waals surface area contributed by atoms with Crippen LogP contribution in [-0.2, 0) is 11.3 Å². The van der Waals surface area contributed by atoms with Gasteiger partial charge >= 0.3 is 0 Å². The second-order valence-corrected chi connectivity index (χ2v) is 3.38. The quantitative estimate of drug-likeness (QED) is 0.774. The summed E-state index contributed by atoms with van der Waals surface area (Å²) in [6.07, 6.45) is 0.446. The van der Waals surface area contributed by atoms with Gasteiger partial charge in [0.1, 0.15) is 0 Å². The minimum atomic E-state index is -0.851. The van der Waals surface area contributed by atoms with Gasteiger partial charge in [0.2, 0.25) is 0 Å². The van der Waals surface area contributed by atoms with Crippen molar-refractivity contribution in [3.05, 3.63) is 29.3 Å². The largest absolute Gasteiger partial charge is 0.375 e. The fraction of sp³-hybridized carbons (Fsp3) is 0.400. The second-order valence-electron chi connectivity index (χ2n) is 3.38. The zero-order chi connectivity index (χ0) is 11.4. The van der Waals surface area contributed by atoms with Gasteiger partial charge in [0.25, 0.3) is 0 Å². The highest BCUT2D eigenvalue weighted by Crippen LogP contribution is 2.25. The third-order valence-corrected chi connectivity index (χ3v) is 2.09. The van der Waals surface area contributed by atoms with Crippen molar-refractivity contribution < 1.29 is 13.6 Å². The number of anilines is 1. The lowest BCUT2D eigenvalue weighted by atomic mass is 10.1. The molecule has 0 heterocycles. The normalized spacial score (nSPS) is 10.5. The molecule has 3 nitrogen and oxygen atoms in total. The van der Waals surface area contributed by atoms with Gasteiger partial charge in [-0.1, -0.05) is 6.07 Å². The van der Waals surface area contributed by atoms with Crippen LogP contribution in [0.4, 0.5) is 14.5 Å². The van der Waals surface area contributed by atoms with Gasteiger partial charge in [-0.05, 0) is 18.1 Å². The predicted molar refractivity (Wildman–Crippen MR) is 54.5 cm³/mol. The molecule has 0 spiro atoms. The number of hydrogen-bond acceptors (Lipinski definition) is 3. The van der Waals surface area contributed by atoms with Crippen molar-refractivity contribution in [3.8, 4) is 0 Å². The smallest absolute Gasteiger partial charge is 0.182 e. The summed E-state index contributed by atoms with van der Waals surface area (Å²) in [6.45, 7) is 0.270. The van der Waals surface area contributed by atoms with Crippen molar-refractivity contribution in [3.63, 3.8) is 0 Å². The van der Waals surface area contributed by atoms with Crippen LogP contribution in [0.3, 0.4) is 0 Å². The van der Waals surface area contributed by atoms with Crippen LogP contribution in [0.1, 0.15) is 5.56 Å². The van der Waals surface area contributed by atoms with Crippen molar-refractivity contribution in [2.75, 3.05) is 25.6 Å². The van der Waals surface area contributed by atoms with Crippen LogP contribution in [0, 0.1) is 11.6 Å². The first kappa shape index (κ1) is 11.9. The first-order chi connectivity index (χ1) is 7.07. The maximum Gasteiger partial charge on any atom is 0.182 e.